The first-order chi connectivity index (χ1) is 8.85. The number of primary amides is 1. The molecule has 1 atom stereocenters. The average molecular weight is 346 g/mol. The van der Waals surface area contributed by atoms with E-state index in [2.05, 4.69) is 15.9 Å². The van der Waals surface area contributed by atoms with E-state index in [0.717, 1.165) is 0 Å². The topological polar surface area (TPSA) is 63.4 Å². The second-order valence-corrected chi connectivity index (χ2v) is 6.24. The standard InChI is InChI=1S/C13H14BrClN2O2/c1-13(12(16)19)5-6-17(7-13)11(18)8-3-2-4-9(14)10(8)15/h2-4H,5-7H2,1H3,(H2,16,19). The van der Waals surface area contributed by atoms with E-state index in [1.165, 1.54) is 0 Å². The van der Waals surface area contributed by atoms with Gasteiger partial charge in [0.25, 0.3) is 5.91 Å². The summed E-state index contributed by atoms with van der Waals surface area (Å²) in [5, 5.41) is 0.389. The molecule has 0 aliphatic carbocycles. The summed E-state index contributed by atoms with van der Waals surface area (Å²) in [7, 11) is 0. The fourth-order valence-corrected chi connectivity index (χ4v) is 2.75. The summed E-state index contributed by atoms with van der Waals surface area (Å²) in [5.74, 6) is -0.542. The molecule has 0 saturated carbocycles. The largest absolute Gasteiger partial charge is 0.369 e. The molecule has 1 heterocycles. The first kappa shape index (κ1) is 14.3. The summed E-state index contributed by atoms with van der Waals surface area (Å²) in [6.45, 7) is 2.64. The van der Waals surface area contributed by atoms with Crippen LogP contribution in [0.25, 0.3) is 0 Å². The zero-order valence-electron chi connectivity index (χ0n) is 10.5. The average Bonchev–Trinajstić information content (AvgIpc) is 2.76. The zero-order chi connectivity index (χ0) is 14.2. The normalized spacial score (nSPS) is 22.6. The maximum atomic E-state index is 12.4. The molecule has 19 heavy (non-hydrogen) atoms. The first-order valence-electron chi connectivity index (χ1n) is 5.88. The highest BCUT2D eigenvalue weighted by Gasteiger charge is 2.41. The van der Waals surface area contributed by atoms with Gasteiger partial charge in [0.15, 0.2) is 0 Å². The van der Waals surface area contributed by atoms with E-state index >= 15 is 0 Å². The van der Waals surface area contributed by atoms with Crippen LogP contribution in [-0.4, -0.2) is 29.8 Å². The van der Waals surface area contributed by atoms with E-state index in [1.807, 2.05) is 0 Å². The van der Waals surface area contributed by atoms with Crippen LogP contribution in [0.15, 0.2) is 22.7 Å². The number of likely N-dealkylation sites (tertiary alicyclic amines) is 1. The Balaban J connectivity index is 2.23. The number of benzene rings is 1. The lowest BCUT2D eigenvalue weighted by atomic mass is 9.89. The van der Waals surface area contributed by atoms with E-state index in [-0.39, 0.29) is 11.8 Å². The molecule has 4 nitrogen and oxygen atoms in total. The minimum Gasteiger partial charge on any atom is -0.369 e. The third-order valence-corrected chi connectivity index (χ3v) is 4.83. The summed E-state index contributed by atoms with van der Waals surface area (Å²) in [5.41, 5.74) is 5.17. The van der Waals surface area contributed by atoms with Gasteiger partial charge in [-0.1, -0.05) is 17.7 Å². The molecule has 2 rings (SSSR count). The number of hydrogen-bond donors (Lipinski definition) is 1. The van der Waals surface area contributed by atoms with Crippen LogP contribution in [-0.2, 0) is 4.79 Å². The lowest BCUT2D eigenvalue weighted by Crippen LogP contribution is -2.38. The van der Waals surface area contributed by atoms with Crippen LogP contribution in [0.5, 0.6) is 0 Å². The van der Waals surface area contributed by atoms with Gasteiger partial charge in [-0.05, 0) is 41.4 Å². The summed E-state index contributed by atoms with van der Waals surface area (Å²) in [6, 6.07) is 5.21. The molecule has 1 fully saturated rings. The number of nitrogens with two attached hydrogens (primary N) is 1. The van der Waals surface area contributed by atoms with Gasteiger partial charge in [-0.25, -0.2) is 0 Å². The van der Waals surface area contributed by atoms with Crippen molar-refractivity contribution in [3.63, 3.8) is 0 Å². The third kappa shape index (κ3) is 2.62. The Kier molecular flexibility index (Phi) is 3.87. The van der Waals surface area contributed by atoms with Crippen LogP contribution >= 0.6 is 27.5 Å². The van der Waals surface area contributed by atoms with Crippen molar-refractivity contribution < 1.29 is 9.59 Å². The number of rotatable bonds is 2. The molecule has 6 heteroatoms. The SMILES string of the molecule is CC1(C(N)=O)CCN(C(=O)c2cccc(Br)c2Cl)C1. The Labute approximate surface area is 125 Å². The number of carbonyl (C=O) groups is 2. The summed E-state index contributed by atoms with van der Waals surface area (Å²) < 4.78 is 0.678. The Bertz CT molecular complexity index is 549. The Morgan fingerprint density at radius 3 is 2.74 bits per heavy atom. The van der Waals surface area contributed by atoms with Crippen LogP contribution in [0.4, 0.5) is 0 Å². The van der Waals surface area contributed by atoms with E-state index in [1.54, 1.807) is 30.0 Å². The van der Waals surface area contributed by atoms with Gasteiger partial charge < -0.3 is 10.6 Å². The molecule has 1 aromatic rings. The van der Waals surface area contributed by atoms with Crippen molar-refractivity contribution in [3.8, 4) is 0 Å². The number of nitrogens with zero attached hydrogens (tertiary/aromatic N) is 1. The van der Waals surface area contributed by atoms with Crippen molar-refractivity contribution in [2.24, 2.45) is 11.1 Å². The number of hydrogen-bond acceptors (Lipinski definition) is 2. The van der Waals surface area contributed by atoms with Gasteiger partial charge in [0, 0.05) is 17.6 Å². The molecule has 1 saturated heterocycles. The van der Waals surface area contributed by atoms with Crippen LogP contribution in [0.1, 0.15) is 23.7 Å². The molecule has 2 N–H and O–H groups in total. The van der Waals surface area contributed by atoms with E-state index in [0.29, 0.717) is 34.6 Å². The number of amides is 2. The number of carbonyl (C=O) groups excluding carboxylic acids is 2. The van der Waals surface area contributed by atoms with Crippen molar-refractivity contribution in [1.82, 2.24) is 4.90 Å². The summed E-state index contributed by atoms with van der Waals surface area (Å²) >= 11 is 9.41. The van der Waals surface area contributed by atoms with Gasteiger partial charge in [-0.15, -0.1) is 0 Å². The second-order valence-electron chi connectivity index (χ2n) is 5.00. The molecule has 1 aliphatic heterocycles. The van der Waals surface area contributed by atoms with E-state index in [9.17, 15) is 9.59 Å². The first-order valence-corrected chi connectivity index (χ1v) is 7.05. The van der Waals surface area contributed by atoms with Gasteiger partial charge in [0.2, 0.25) is 5.91 Å². The van der Waals surface area contributed by atoms with Crippen LogP contribution in [0.3, 0.4) is 0 Å². The molecule has 0 spiro atoms. The highest BCUT2D eigenvalue weighted by molar-refractivity contribution is 9.10. The molecular formula is C13H14BrClN2O2. The predicted octanol–water partition coefficient (Wildman–Crippen LogP) is 2.44. The monoisotopic (exact) mass is 344 g/mol. The van der Waals surface area contributed by atoms with Crippen LogP contribution in [0.2, 0.25) is 5.02 Å². The van der Waals surface area contributed by atoms with Gasteiger partial charge >= 0.3 is 0 Å². The minimum absolute atomic E-state index is 0.170. The summed E-state index contributed by atoms with van der Waals surface area (Å²) in [4.78, 5) is 25.4. The molecule has 0 radical (unpaired) electrons. The van der Waals surface area contributed by atoms with Gasteiger partial charge in [-0.2, -0.15) is 0 Å². The molecule has 0 aromatic heterocycles. The summed E-state index contributed by atoms with van der Waals surface area (Å²) in [6.07, 6.45) is 0.583. The fraction of sp³-hybridized carbons (Fsp3) is 0.385. The van der Waals surface area contributed by atoms with Crippen molar-refractivity contribution in [1.29, 1.82) is 0 Å². The number of halogens is 2. The highest BCUT2D eigenvalue weighted by Crippen LogP contribution is 2.32. The van der Waals surface area contributed by atoms with Crippen molar-refractivity contribution >= 4 is 39.3 Å². The van der Waals surface area contributed by atoms with Crippen molar-refractivity contribution in [2.45, 2.75) is 13.3 Å². The van der Waals surface area contributed by atoms with Crippen LogP contribution < -0.4 is 5.73 Å². The maximum Gasteiger partial charge on any atom is 0.255 e. The molecule has 1 aromatic carbocycles. The minimum atomic E-state index is -0.645. The van der Waals surface area contributed by atoms with Gasteiger partial charge in [0.1, 0.15) is 0 Å². The van der Waals surface area contributed by atoms with Crippen molar-refractivity contribution in [3.05, 3.63) is 33.3 Å². The van der Waals surface area contributed by atoms with Gasteiger partial charge in [0.05, 0.1) is 16.0 Å². The lowest BCUT2D eigenvalue weighted by molar-refractivity contribution is -0.126. The lowest BCUT2D eigenvalue weighted by Gasteiger charge is -2.21. The second kappa shape index (κ2) is 5.13. The maximum absolute atomic E-state index is 12.4. The Hall–Kier alpha value is -1.07. The van der Waals surface area contributed by atoms with E-state index in [4.69, 9.17) is 17.3 Å². The molecule has 1 aliphatic rings. The third-order valence-electron chi connectivity index (χ3n) is 3.54. The van der Waals surface area contributed by atoms with Crippen molar-refractivity contribution in [2.75, 3.05) is 13.1 Å². The predicted molar refractivity (Wildman–Crippen MR) is 77.0 cm³/mol. The Morgan fingerprint density at radius 1 is 1.47 bits per heavy atom. The molecule has 2 amide bonds. The van der Waals surface area contributed by atoms with E-state index < -0.39 is 5.41 Å². The molecule has 102 valence electrons. The Morgan fingerprint density at radius 2 is 2.16 bits per heavy atom. The smallest absolute Gasteiger partial charge is 0.255 e. The van der Waals surface area contributed by atoms with Gasteiger partial charge in [-0.3, -0.25) is 9.59 Å². The fourth-order valence-electron chi connectivity index (χ4n) is 2.17. The molecule has 1 unspecified atom stereocenters. The highest BCUT2D eigenvalue weighted by atomic mass is 79.9. The molecular weight excluding hydrogens is 332 g/mol. The zero-order valence-corrected chi connectivity index (χ0v) is 12.8. The molecule has 0 bridgehead atoms. The quantitative estimate of drug-likeness (QED) is 0.895. The van der Waals surface area contributed by atoms with Crippen LogP contribution in [0, 0.1) is 5.41 Å².